The molecular formula is C30H41N3O4. The molecule has 3 rings (SSSR count). The second kappa shape index (κ2) is 13.0. The van der Waals surface area contributed by atoms with Gasteiger partial charge in [0.1, 0.15) is 6.61 Å². The van der Waals surface area contributed by atoms with Crippen molar-refractivity contribution < 1.29 is 19.1 Å². The van der Waals surface area contributed by atoms with Crippen molar-refractivity contribution >= 4 is 17.7 Å². The Kier molecular flexibility index (Phi) is 10.0. The second-order valence-electron chi connectivity index (χ2n) is 10.1. The molecule has 1 fully saturated rings. The van der Waals surface area contributed by atoms with Crippen molar-refractivity contribution in [1.82, 2.24) is 14.7 Å². The zero-order valence-electron chi connectivity index (χ0n) is 22.9. The fourth-order valence-corrected chi connectivity index (χ4v) is 5.03. The van der Waals surface area contributed by atoms with Crippen LogP contribution >= 0.6 is 0 Å². The third-order valence-electron chi connectivity index (χ3n) is 7.61. The van der Waals surface area contributed by atoms with E-state index in [0.717, 1.165) is 17.7 Å². The number of carbonyl (C=O) groups is 3. The Hall–Kier alpha value is -3.03. The summed E-state index contributed by atoms with van der Waals surface area (Å²) in [5, 5.41) is 0. The summed E-state index contributed by atoms with van der Waals surface area (Å²) in [6.45, 7) is 5.03. The highest BCUT2D eigenvalue weighted by Gasteiger charge is 2.61. The number of hydrogen-bond donors (Lipinski definition) is 0. The van der Waals surface area contributed by atoms with Crippen molar-refractivity contribution in [2.24, 2.45) is 5.41 Å². The van der Waals surface area contributed by atoms with Crippen molar-refractivity contribution in [3.63, 3.8) is 0 Å². The Morgan fingerprint density at radius 3 is 1.95 bits per heavy atom. The van der Waals surface area contributed by atoms with Gasteiger partial charge in [-0.25, -0.2) is 0 Å². The number of amides is 3. The Labute approximate surface area is 221 Å². The number of likely N-dealkylation sites (N-methyl/N-ethyl adjacent to an activating group) is 2. The summed E-state index contributed by atoms with van der Waals surface area (Å²) >= 11 is 0. The number of nitrogens with zero attached hydrogens (tertiary/aromatic N) is 3. The van der Waals surface area contributed by atoms with Crippen LogP contribution in [0.1, 0.15) is 56.6 Å². The molecule has 1 aliphatic heterocycles. The maximum Gasteiger partial charge on any atom is 0.248 e. The van der Waals surface area contributed by atoms with Crippen LogP contribution in [-0.4, -0.2) is 79.5 Å². The fraction of sp³-hybridized carbons (Fsp3) is 0.500. The largest absolute Gasteiger partial charge is 0.347 e. The number of ether oxygens (including phenoxy) is 1. The van der Waals surface area contributed by atoms with Gasteiger partial charge in [0.25, 0.3) is 0 Å². The summed E-state index contributed by atoms with van der Waals surface area (Å²) < 4.78 is 6.03. The van der Waals surface area contributed by atoms with E-state index < -0.39 is 11.6 Å². The summed E-state index contributed by atoms with van der Waals surface area (Å²) in [5.74, 6) is -0.575. The number of likely N-dealkylation sites (tertiary alicyclic amines) is 1. The molecule has 1 atom stereocenters. The van der Waals surface area contributed by atoms with Gasteiger partial charge in [-0.2, -0.15) is 0 Å². The first-order chi connectivity index (χ1) is 17.7. The molecule has 0 aromatic heterocycles. The van der Waals surface area contributed by atoms with Crippen LogP contribution in [0.2, 0.25) is 0 Å². The Bertz CT molecular complexity index is 998. The number of hydrogen-bond acceptors (Lipinski definition) is 5. The molecule has 0 bridgehead atoms. The average molecular weight is 508 g/mol. The second-order valence-corrected chi connectivity index (χ2v) is 10.1. The Balaban J connectivity index is 1.71. The number of carbonyl (C=O) groups excluding carboxylic acids is 3. The monoisotopic (exact) mass is 507 g/mol. The SMILES string of the molecule is CCC1(CC)C(=O)N(C(=O)CCC(c2ccccc2)c2ccccc2)C1OCC(=O)N(C)CCN(C)C. The zero-order chi connectivity index (χ0) is 27.0. The van der Waals surface area contributed by atoms with Crippen LogP contribution in [0, 0.1) is 5.41 Å². The molecule has 7 nitrogen and oxygen atoms in total. The third-order valence-corrected chi connectivity index (χ3v) is 7.61. The van der Waals surface area contributed by atoms with Crippen LogP contribution in [0.15, 0.2) is 60.7 Å². The summed E-state index contributed by atoms with van der Waals surface area (Å²) in [6, 6.07) is 20.2. The Morgan fingerprint density at radius 2 is 1.46 bits per heavy atom. The molecule has 2 aromatic rings. The van der Waals surface area contributed by atoms with E-state index in [4.69, 9.17) is 4.74 Å². The van der Waals surface area contributed by atoms with E-state index in [9.17, 15) is 14.4 Å². The van der Waals surface area contributed by atoms with E-state index >= 15 is 0 Å². The highest BCUT2D eigenvalue weighted by molar-refractivity contribution is 6.04. The minimum atomic E-state index is -0.767. The first kappa shape index (κ1) is 28.5. The molecule has 1 heterocycles. The third kappa shape index (κ3) is 6.46. The number of rotatable bonds is 13. The van der Waals surface area contributed by atoms with Crippen molar-refractivity contribution in [2.75, 3.05) is 40.8 Å². The van der Waals surface area contributed by atoms with Crippen LogP contribution in [0.3, 0.4) is 0 Å². The zero-order valence-corrected chi connectivity index (χ0v) is 22.9. The van der Waals surface area contributed by atoms with Crippen LogP contribution < -0.4 is 0 Å². The highest BCUT2D eigenvalue weighted by Crippen LogP contribution is 2.46. The number of benzene rings is 2. The molecule has 1 aliphatic rings. The molecule has 7 heteroatoms. The first-order valence-corrected chi connectivity index (χ1v) is 13.2. The van der Waals surface area contributed by atoms with Gasteiger partial charge >= 0.3 is 0 Å². The predicted molar refractivity (Wildman–Crippen MR) is 145 cm³/mol. The van der Waals surface area contributed by atoms with E-state index in [-0.39, 0.29) is 36.7 Å². The molecule has 3 amide bonds. The van der Waals surface area contributed by atoms with Crippen LogP contribution in [0.5, 0.6) is 0 Å². The lowest BCUT2D eigenvalue weighted by molar-refractivity contribution is -0.223. The standard InChI is InChI=1S/C30H41N3O4/c1-6-30(7-2)28(36)33(29(30)37-22-27(35)32(5)21-20-31(3)4)26(34)19-18-25(23-14-10-8-11-15-23)24-16-12-9-13-17-24/h8-17,25,29H,6-7,18-22H2,1-5H3. The van der Waals surface area contributed by atoms with Crippen molar-refractivity contribution in [3.05, 3.63) is 71.8 Å². The molecule has 2 aromatic carbocycles. The molecule has 1 unspecified atom stereocenters. The van der Waals surface area contributed by atoms with E-state index in [1.807, 2.05) is 69.2 Å². The molecule has 0 saturated carbocycles. The van der Waals surface area contributed by atoms with Gasteiger partial charge in [-0.1, -0.05) is 74.5 Å². The van der Waals surface area contributed by atoms with Gasteiger partial charge < -0.3 is 14.5 Å². The molecular weight excluding hydrogens is 466 g/mol. The molecule has 0 aliphatic carbocycles. The van der Waals surface area contributed by atoms with Gasteiger partial charge in [-0.15, -0.1) is 0 Å². The normalized spacial score (nSPS) is 16.7. The lowest BCUT2D eigenvalue weighted by atomic mass is 9.71. The Morgan fingerprint density at radius 1 is 0.919 bits per heavy atom. The minimum absolute atomic E-state index is 0.0381. The topological polar surface area (TPSA) is 70.2 Å². The van der Waals surface area contributed by atoms with Gasteiger partial charge in [0, 0.05) is 32.5 Å². The van der Waals surface area contributed by atoms with Gasteiger partial charge in [0.15, 0.2) is 6.23 Å². The van der Waals surface area contributed by atoms with Crippen molar-refractivity contribution in [2.45, 2.75) is 51.7 Å². The first-order valence-electron chi connectivity index (χ1n) is 13.2. The van der Waals surface area contributed by atoms with Gasteiger partial charge in [-0.05, 0) is 44.5 Å². The van der Waals surface area contributed by atoms with Crippen LogP contribution in [0.4, 0.5) is 0 Å². The maximum atomic E-state index is 13.4. The number of imide groups is 1. The van der Waals surface area contributed by atoms with Gasteiger partial charge in [0.05, 0.1) is 5.41 Å². The lowest BCUT2D eigenvalue weighted by Crippen LogP contribution is -2.71. The fourth-order valence-electron chi connectivity index (χ4n) is 5.03. The van der Waals surface area contributed by atoms with E-state index in [2.05, 4.69) is 24.3 Å². The van der Waals surface area contributed by atoms with Gasteiger partial charge in [-0.3, -0.25) is 19.3 Å². The molecule has 0 radical (unpaired) electrons. The molecule has 200 valence electrons. The molecule has 0 N–H and O–H groups in total. The molecule has 1 saturated heterocycles. The van der Waals surface area contributed by atoms with Crippen LogP contribution in [0.25, 0.3) is 0 Å². The average Bonchev–Trinajstić information content (AvgIpc) is 2.91. The molecule has 0 spiro atoms. The summed E-state index contributed by atoms with van der Waals surface area (Å²) in [7, 11) is 5.65. The lowest BCUT2D eigenvalue weighted by Gasteiger charge is -2.53. The van der Waals surface area contributed by atoms with Crippen molar-refractivity contribution in [3.8, 4) is 0 Å². The predicted octanol–water partition coefficient (Wildman–Crippen LogP) is 4.14. The quantitative estimate of drug-likeness (QED) is 0.381. The maximum absolute atomic E-state index is 13.4. The highest BCUT2D eigenvalue weighted by atomic mass is 16.5. The van der Waals surface area contributed by atoms with E-state index in [0.29, 0.717) is 25.8 Å². The van der Waals surface area contributed by atoms with Gasteiger partial charge in [0.2, 0.25) is 17.7 Å². The summed E-state index contributed by atoms with van der Waals surface area (Å²) in [4.78, 5) is 44.2. The molecule has 37 heavy (non-hydrogen) atoms. The van der Waals surface area contributed by atoms with E-state index in [1.165, 1.54) is 4.90 Å². The summed E-state index contributed by atoms with van der Waals surface area (Å²) in [6.07, 6.45) is 1.16. The van der Waals surface area contributed by atoms with Crippen molar-refractivity contribution in [1.29, 1.82) is 0 Å². The van der Waals surface area contributed by atoms with E-state index in [1.54, 1.807) is 11.9 Å². The minimum Gasteiger partial charge on any atom is -0.347 e. The van der Waals surface area contributed by atoms with Crippen LogP contribution in [-0.2, 0) is 19.1 Å². The number of β-lactam (4-membered cyclic amide) rings is 1. The smallest absolute Gasteiger partial charge is 0.248 e. The summed E-state index contributed by atoms with van der Waals surface area (Å²) in [5.41, 5.74) is 1.50.